The molecule has 0 radical (unpaired) electrons. The Morgan fingerprint density at radius 2 is 2.00 bits per heavy atom. The lowest BCUT2D eigenvalue weighted by atomic mass is 10.0. The molecular weight excluding hydrogens is 328 g/mol. The number of hydrogen-bond acceptors (Lipinski definition) is 2. The van der Waals surface area contributed by atoms with E-state index < -0.39 is 0 Å². The Labute approximate surface area is 143 Å². The van der Waals surface area contributed by atoms with Crippen LogP contribution in [0.15, 0.2) is 41.4 Å². The fourth-order valence-electron chi connectivity index (χ4n) is 2.57. The Hall–Kier alpha value is -1.91. The summed E-state index contributed by atoms with van der Waals surface area (Å²) >= 11 is 7.50. The van der Waals surface area contributed by atoms with Crippen molar-refractivity contribution >= 4 is 39.1 Å². The maximum atomic E-state index is 12.3. The number of halogens is 1. The number of rotatable bonds is 2. The molecule has 0 aliphatic rings. The topological polar surface area (TPSA) is 34.4 Å². The van der Waals surface area contributed by atoms with Gasteiger partial charge in [-0.1, -0.05) is 46.7 Å². The lowest BCUT2D eigenvalue weighted by molar-refractivity contribution is -0.117. The van der Waals surface area contributed by atoms with Crippen LogP contribution in [0, 0.1) is 13.8 Å². The predicted octanol–water partition coefficient (Wildman–Crippen LogP) is 4.18. The number of carbonyl (C=O) groups excluding carboxylic acids is 1. The Morgan fingerprint density at radius 3 is 2.74 bits per heavy atom. The van der Waals surface area contributed by atoms with E-state index in [9.17, 15) is 4.79 Å². The zero-order valence-electron chi connectivity index (χ0n) is 13.3. The summed E-state index contributed by atoms with van der Waals surface area (Å²) in [5, 5.41) is 0.688. The second-order valence-electron chi connectivity index (χ2n) is 5.67. The predicted molar refractivity (Wildman–Crippen MR) is 96.0 cm³/mol. The van der Waals surface area contributed by atoms with Crippen molar-refractivity contribution in [1.29, 1.82) is 0 Å². The quantitative estimate of drug-likeness (QED) is 0.686. The molecular formula is C18H17ClN2OS. The molecule has 0 aliphatic heterocycles. The van der Waals surface area contributed by atoms with Gasteiger partial charge in [-0.25, -0.2) is 0 Å². The fourth-order valence-corrected chi connectivity index (χ4v) is 3.88. The van der Waals surface area contributed by atoms with Crippen molar-refractivity contribution in [2.75, 3.05) is 0 Å². The number of aromatic nitrogens is 1. The van der Waals surface area contributed by atoms with Crippen LogP contribution in [0.3, 0.4) is 0 Å². The van der Waals surface area contributed by atoms with Crippen molar-refractivity contribution in [3.63, 3.8) is 0 Å². The molecule has 0 atom stereocenters. The van der Waals surface area contributed by atoms with Gasteiger partial charge in [0.05, 0.1) is 16.6 Å². The molecule has 1 aromatic heterocycles. The maximum Gasteiger partial charge on any atom is 0.252 e. The molecule has 2 aromatic carbocycles. The van der Waals surface area contributed by atoms with Crippen molar-refractivity contribution < 1.29 is 4.79 Å². The van der Waals surface area contributed by atoms with Gasteiger partial charge in [-0.05, 0) is 43.2 Å². The van der Waals surface area contributed by atoms with E-state index >= 15 is 0 Å². The standard InChI is InChI=1S/C18H17ClN2OS/c1-11-4-5-13(12(2)8-11)9-17(22)20-18-21(3)15-7-6-14(19)10-16(15)23-18/h4-8,10H,9H2,1-3H3. The van der Waals surface area contributed by atoms with Gasteiger partial charge >= 0.3 is 0 Å². The first kappa shape index (κ1) is 16.0. The molecule has 3 rings (SSSR count). The zero-order valence-corrected chi connectivity index (χ0v) is 14.8. The minimum atomic E-state index is -0.134. The van der Waals surface area contributed by atoms with Crippen LogP contribution in [-0.4, -0.2) is 10.5 Å². The highest BCUT2D eigenvalue weighted by molar-refractivity contribution is 7.16. The van der Waals surface area contributed by atoms with Gasteiger partial charge < -0.3 is 4.57 Å². The van der Waals surface area contributed by atoms with Gasteiger partial charge in [0.2, 0.25) is 0 Å². The van der Waals surface area contributed by atoms with E-state index in [1.807, 2.05) is 55.8 Å². The molecule has 3 aromatic rings. The SMILES string of the molecule is Cc1ccc(CC(=O)N=c2sc3cc(Cl)ccc3n2C)c(C)c1. The fraction of sp³-hybridized carbons (Fsp3) is 0.222. The van der Waals surface area contributed by atoms with Crippen LogP contribution in [0.2, 0.25) is 5.02 Å². The van der Waals surface area contributed by atoms with Gasteiger partial charge in [-0.2, -0.15) is 4.99 Å². The molecule has 0 N–H and O–H groups in total. The van der Waals surface area contributed by atoms with Crippen LogP contribution >= 0.6 is 22.9 Å². The number of amides is 1. The first-order valence-electron chi connectivity index (χ1n) is 7.33. The largest absolute Gasteiger partial charge is 0.319 e. The lowest BCUT2D eigenvalue weighted by Gasteiger charge is -2.04. The number of fused-ring (bicyclic) bond motifs is 1. The number of thiazole rings is 1. The highest BCUT2D eigenvalue weighted by atomic mass is 35.5. The monoisotopic (exact) mass is 344 g/mol. The van der Waals surface area contributed by atoms with E-state index in [0.717, 1.165) is 21.3 Å². The molecule has 0 spiro atoms. The first-order chi connectivity index (χ1) is 10.9. The minimum absolute atomic E-state index is 0.134. The number of aryl methyl sites for hydroxylation is 3. The van der Waals surface area contributed by atoms with Crippen LogP contribution < -0.4 is 4.80 Å². The van der Waals surface area contributed by atoms with Crippen LogP contribution in [0.25, 0.3) is 10.2 Å². The summed E-state index contributed by atoms with van der Waals surface area (Å²) in [6.07, 6.45) is 0.321. The molecule has 23 heavy (non-hydrogen) atoms. The summed E-state index contributed by atoms with van der Waals surface area (Å²) in [7, 11) is 1.91. The van der Waals surface area contributed by atoms with Gasteiger partial charge in [0.15, 0.2) is 4.80 Å². The molecule has 1 amide bonds. The lowest BCUT2D eigenvalue weighted by Crippen LogP contribution is -2.14. The molecule has 1 heterocycles. The average molecular weight is 345 g/mol. The highest BCUT2D eigenvalue weighted by Crippen LogP contribution is 2.21. The van der Waals surface area contributed by atoms with Crippen molar-refractivity contribution in [1.82, 2.24) is 4.57 Å². The third-order valence-electron chi connectivity index (χ3n) is 3.83. The van der Waals surface area contributed by atoms with Crippen LogP contribution in [0.1, 0.15) is 16.7 Å². The molecule has 0 saturated carbocycles. The van der Waals surface area contributed by atoms with E-state index in [1.54, 1.807) is 0 Å². The molecule has 0 saturated heterocycles. The van der Waals surface area contributed by atoms with Crippen LogP contribution in [0.5, 0.6) is 0 Å². The molecule has 0 aliphatic carbocycles. The van der Waals surface area contributed by atoms with Crippen molar-refractivity contribution in [3.05, 3.63) is 62.9 Å². The van der Waals surface area contributed by atoms with E-state index in [1.165, 1.54) is 16.9 Å². The number of benzene rings is 2. The third-order valence-corrected chi connectivity index (χ3v) is 5.16. The molecule has 0 bridgehead atoms. The van der Waals surface area contributed by atoms with Crippen molar-refractivity contribution in [2.45, 2.75) is 20.3 Å². The van der Waals surface area contributed by atoms with Gasteiger partial charge in [0.1, 0.15) is 0 Å². The zero-order chi connectivity index (χ0) is 16.6. The summed E-state index contributed by atoms with van der Waals surface area (Å²) in [6, 6.07) is 11.8. The second-order valence-corrected chi connectivity index (χ2v) is 7.11. The van der Waals surface area contributed by atoms with Gasteiger partial charge in [0, 0.05) is 12.1 Å². The highest BCUT2D eigenvalue weighted by Gasteiger charge is 2.08. The van der Waals surface area contributed by atoms with E-state index in [-0.39, 0.29) is 5.91 Å². The Balaban J connectivity index is 1.94. The first-order valence-corrected chi connectivity index (χ1v) is 8.52. The average Bonchev–Trinajstić information content (AvgIpc) is 2.77. The molecule has 0 fully saturated rings. The van der Waals surface area contributed by atoms with E-state index in [4.69, 9.17) is 11.6 Å². The van der Waals surface area contributed by atoms with Gasteiger partial charge in [0.25, 0.3) is 5.91 Å². The molecule has 5 heteroatoms. The summed E-state index contributed by atoms with van der Waals surface area (Å²) in [5.41, 5.74) is 4.37. The number of nitrogens with zero attached hydrogens (tertiary/aromatic N) is 2. The minimum Gasteiger partial charge on any atom is -0.319 e. The van der Waals surface area contributed by atoms with Crippen LogP contribution in [0.4, 0.5) is 0 Å². The second kappa shape index (κ2) is 6.30. The molecule has 3 nitrogen and oxygen atoms in total. The van der Waals surface area contributed by atoms with E-state index in [2.05, 4.69) is 11.1 Å². The van der Waals surface area contributed by atoms with Crippen molar-refractivity contribution in [3.8, 4) is 0 Å². The van der Waals surface area contributed by atoms with Gasteiger partial charge in [-0.15, -0.1) is 0 Å². The van der Waals surface area contributed by atoms with Crippen molar-refractivity contribution in [2.24, 2.45) is 12.0 Å². The Morgan fingerprint density at radius 1 is 1.22 bits per heavy atom. The summed E-state index contributed by atoms with van der Waals surface area (Å²) in [5.74, 6) is -0.134. The smallest absolute Gasteiger partial charge is 0.252 e. The summed E-state index contributed by atoms with van der Waals surface area (Å²) in [6.45, 7) is 4.07. The van der Waals surface area contributed by atoms with Crippen LogP contribution in [-0.2, 0) is 18.3 Å². The van der Waals surface area contributed by atoms with E-state index in [0.29, 0.717) is 16.2 Å². The summed E-state index contributed by atoms with van der Waals surface area (Å²) < 4.78 is 2.95. The number of hydrogen-bond donors (Lipinski definition) is 0. The molecule has 0 unspecified atom stereocenters. The number of carbonyl (C=O) groups is 1. The summed E-state index contributed by atoms with van der Waals surface area (Å²) in [4.78, 5) is 17.3. The Bertz CT molecular complexity index is 969. The third kappa shape index (κ3) is 3.38. The maximum absolute atomic E-state index is 12.3. The Kier molecular flexibility index (Phi) is 4.37. The molecule has 118 valence electrons. The normalized spacial score (nSPS) is 12.1. The van der Waals surface area contributed by atoms with Gasteiger partial charge in [-0.3, -0.25) is 4.79 Å².